The molecule has 2 saturated heterocycles. The Kier molecular flexibility index (Phi) is 6.08. The Balaban J connectivity index is 1.35. The number of aromatic nitrogens is 2. The summed E-state index contributed by atoms with van der Waals surface area (Å²) in [4.78, 5) is 42.4. The molecule has 30 heavy (non-hydrogen) atoms. The molecule has 0 spiro atoms. The highest BCUT2D eigenvalue weighted by Gasteiger charge is 2.32. The number of amides is 3. The van der Waals surface area contributed by atoms with Crippen molar-refractivity contribution in [2.24, 2.45) is 5.92 Å². The van der Waals surface area contributed by atoms with Gasteiger partial charge in [-0.15, -0.1) is 11.3 Å². The van der Waals surface area contributed by atoms with Crippen molar-refractivity contribution in [1.82, 2.24) is 25.1 Å². The standard InChI is InChI=1S/C21H30N6O2S/c1-4-22-21(29)27-11-9-26(10-12-27)20(28)16-5-7-25(8-6-16)18-17-14(2)15(3)30-19(17)24-13-23-18/h13,16H,4-12H2,1-3H3,(H,22,29). The topological polar surface area (TPSA) is 81.7 Å². The van der Waals surface area contributed by atoms with Crippen molar-refractivity contribution in [3.05, 3.63) is 16.8 Å². The number of aryl methyl sites for hydroxylation is 2. The smallest absolute Gasteiger partial charge is 0.317 e. The lowest BCUT2D eigenvalue weighted by Gasteiger charge is -2.38. The number of carbonyl (C=O) groups is 2. The van der Waals surface area contributed by atoms with Crippen LogP contribution in [0.5, 0.6) is 0 Å². The quantitative estimate of drug-likeness (QED) is 0.809. The Bertz CT molecular complexity index is 929. The largest absolute Gasteiger partial charge is 0.356 e. The molecule has 0 bridgehead atoms. The molecule has 9 heteroatoms. The molecular formula is C21H30N6O2S. The van der Waals surface area contributed by atoms with Gasteiger partial charge in [-0.2, -0.15) is 0 Å². The highest BCUT2D eigenvalue weighted by Crippen LogP contribution is 2.35. The second kappa shape index (κ2) is 8.75. The van der Waals surface area contributed by atoms with Gasteiger partial charge in [0.05, 0.1) is 5.39 Å². The Hall–Kier alpha value is -2.42. The predicted octanol–water partition coefficient (Wildman–Crippen LogP) is 2.40. The van der Waals surface area contributed by atoms with Gasteiger partial charge in [0.15, 0.2) is 0 Å². The van der Waals surface area contributed by atoms with E-state index in [9.17, 15) is 9.59 Å². The van der Waals surface area contributed by atoms with Crippen molar-refractivity contribution in [1.29, 1.82) is 0 Å². The lowest BCUT2D eigenvalue weighted by Crippen LogP contribution is -2.54. The number of nitrogens with zero attached hydrogens (tertiary/aromatic N) is 5. The number of hydrogen-bond donors (Lipinski definition) is 1. The molecular weight excluding hydrogens is 400 g/mol. The first kappa shape index (κ1) is 20.8. The molecule has 2 aliphatic heterocycles. The zero-order valence-electron chi connectivity index (χ0n) is 18.0. The Labute approximate surface area is 181 Å². The van der Waals surface area contributed by atoms with E-state index < -0.39 is 0 Å². The SMILES string of the molecule is CCNC(=O)N1CCN(C(=O)C2CCN(c3ncnc4sc(C)c(C)c34)CC2)CC1. The molecule has 0 aromatic carbocycles. The minimum atomic E-state index is -0.0342. The maximum atomic E-state index is 13.0. The van der Waals surface area contributed by atoms with E-state index in [-0.39, 0.29) is 17.9 Å². The maximum Gasteiger partial charge on any atom is 0.317 e. The first-order valence-corrected chi connectivity index (χ1v) is 11.6. The second-order valence-corrected chi connectivity index (χ2v) is 9.27. The molecule has 4 heterocycles. The molecule has 8 nitrogen and oxygen atoms in total. The van der Waals surface area contributed by atoms with Crippen molar-refractivity contribution in [3.63, 3.8) is 0 Å². The van der Waals surface area contributed by atoms with E-state index in [2.05, 4.69) is 34.0 Å². The monoisotopic (exact) mass is 430 g/mol. The number of anilines is 1. The zero-order chi connectivity index (χ0) is 21.3. The average Bonchev–Trinajstić information content (AvgIpc) is 3.07. The van der Waals surface area contributed by atoms with Gasteiger partial charge < -0.3 is 20.0 Å². The first-order valence-electron chi connectivity index (χ1n) is 10.8. The van der Waals surface area contributed by atoms with Crippen LogP contribution in [-0.2, 0) is 4.79 Å². The molecule has 2 fully saturated rings. The summed E-state index contributed by atoms with van der Waals surface area (Å²) >= 11 is 1.72. The number of rotatable bonds is 3. The minimum absolute atomic E-state index is 0.0342. The molecule has 1 N–H and O–H groups in total. The number of urea groups is 1. The van der Waals surface area contributed by atoms with Crippen LogP contribution in [0.4, 0.5) is 10.6 Å². The van der Waals surface area contributed by atoms with Crippen molar-refractivity contribution in [3.8, 4) is 0 Å². The summed E-state index contributed by atoms with van der Waals surface area (Å²) in [6.45, 7) is 10.9. The van der Waals surface area contributed by atoms with Crippen LogP contribution in [0.3, 0.4) is 0 Å². The van der Waals surface area contributed by atoms with Crippen LogP contribution in [0, 0.1) is 19.8 Å². The van der Waals surface area contributed by atoms with Gasteiger partial charge in [0.2, 0.25) is 5.91 Å². The zero-order valence-corrected chi connectivity index (χ0v) is 18.8. The lowest BCUT2D eigenvalue weighted by molar-refractivity contribution is -0.137. The van der Waals surface area contributed by atoms with Gasteiger partial charge >= 0.3 is 6.03 Å². The van der Waals surface area contributed by atoms with E-state index in [1.165, 1.54) is 10.4 Å². The normalized spacial score (nSPS) is 18.2. The molecule has 3 amide bonds. The summed E-state index contributed by atoms with van der Waals surface area (Å²) in [7, 11) is 0. The summed E-state index contributed by atoms with van der Waals surface area (Å²) < 4.78 is 0. The van der Waals surface area contributed by atoms with E-state index in [0.717, 1.165) is 42.0 Å². The van der Waals surface area contributed by atoms with Crippen LogP contribution in [0.1, 0.15) is 30.2 Å². The molecule has 0 saturated carbocycles. The molecule has 2 aliphatic rings. The molecule has 0 aliphatic carbocycles. The minimum Gasteiger partial charge on any atom is -0.356 e. The van der Waals surface area contributed by atoms with Crippen molar-refractivity contribution in [2.45, 2.75) is 33.6 Å². The van der Waals surface area contributed by atoms with E-state index in [4.69, 9.17) is 0 Å². The van der Waals surface area contributed by atoms with Crippen molar-refractivity contribution < 1.29 is 9.59 Å². The van der Waals surface area contributed by atoms with Gasteiger partial charge in [-0.3, -0.25) is 4.79 Å². The number of nitrogens with one attached hydrogen (secondary N) is 1. The number of hydrogen-bond acceptors (Lipinski definition) is 6. The molecule has 0 atom stereocenters. The Morgan fingerprint density at radius 1 is 1.07 bits per heavy atom. The summed E-state index contributed by atoms with van der Waals surface area (Å²) in [6, 6.07) is -0.0342. The van der Waals surface area contributed by atoms with Crippen molar-refractivity contribution in [2.75, 3.05) is 50.7 Å². The van der Waals surface area contributed by atoms with Crippen LogP contribution >= 0.6 is 11.3 Å². The fourth-order valence-corrected chi connectivity index (χ4v) is 5.38. The number of piperidine rings is 1. The molecule has 162 valence electrons. The van der Waals surface area contributed by atoms with E-state index in [0.29, 0.717) is 32.7 Å². The van der Waals surface area contributed by atoms with Crippen LogP contribution in [0.2, 0.25) is 0 Å². The molecule has 2 aromatic heterocycles. The third-order valence-corrected chi connectivity index (χ3v) is 7.41. The van der Waals surface area contributed by atoms with E-state index in [1.54, 1.807) is 22.6 Å². The van der Waals surface area contributed by atoms with Crippen LogP contribution in [0.15, 0.2) is 6.33 Å². The Morgan fingerprint density at radius 3 is 2.40 bits per heavy atom. The average molecular weight is 431 g/mol. The van der Waals surface area contributed by atoms with Gasteiger partial charge in [0.1, 0.15) is 17.0 Å². The molecule has 0 radical (unpaired) electrons. The summed E-state index contributed by atoms with van der Waals surface area (Å²) in [6.07, 6.45) is 3.32. The summed E-state index contributed by atoms with van der Waals surface area (Å²) in [5.41, 5.74) is 1.26. The van der Waals surface area contributed by atoms with Crippen LogP contribution in [0.25, 0.3) is 10.2 Å². The van der Waals surface area contributed by atoms with Crippen molar-refractivity contribution >= 4 is 39.3 Å². The Morgan fingerprint density at radius 2 is 1.73 bits per heavy atom. The summed E-state index contributed by atoms with van der Waals surface area (Å²) in [5, 5.41) is 3.99. The van der Waals surface area contributed by atoms with Gasteiger partial charge in [0, 0.05) is 56.6 Å². The van der Waals surface area contributed by atoms with E-state index in [1.807, 2.05) is 11.8 Å². The second-order valence-electron chi connectivity index (χ2n) is 8.07. The third-order valence-electron chi connectivity index (χ3n) is 6.30. The molecule has 4 rings (SSSR count). The maximum absolute atomic E-state index is 13.0. The third kappa shape index (κ3) is 3.95. The van der Waals surface area contributed by atoms with Gasteiger partial charge in [-0.25, -0.2) is 14.8 Å². The lowest BCUT2D eigenvalue weighted by atomic mass is 9.94. The first-order chi connectivity index (χ1) is 14.5. The highest BCUT2D eigenvalue weighted by atomic mass is 32.1. The van der Waals surface area contributed by atoms with Gasteiger partial charge in [-0.1, -0.05) is 0 Å². The predicted molar refractivity (Wildman–Crippen MR) is 119 cm³/mol. The number of carbonyl (C=O) groups excluding carboxylic acids is 2. The van der Waals surface area contributed by atoms with Gasteiger partial charge in [-0.05, 0) is 39.2 Å². The fraction of sp³-hybridized carbons (Fsp3) is 0.619. The summed E-state index contributed by atoms with van der Waals surface area (Å²) in [5.74, 6) is 1.30. The highest BCUT2D eigenvalue weighted by molar-refractivity contribution is 7.18. The van der Waals surface area contributed by atoms with E-state index >= 15 is 0 Å². The van der Waals surface area contributed by atoms with Crippen LogP contribution in [-0.4, -0.2) is 77.5 Å². The fourth-order valence-electron chi connectivity index (χ4n) is 4.39. The molecule has 2 aromatic rings. The number of fused-ring (bicyclic) bond motifs is 1. The van der Waals surface area contributed by atoms with Crippen LogP contribution < -0.4 is 10.2 Å². The number of piperazine rings is 1. The van der Waals surface area contributed by atoms with Gasteiger partial charge in [0.25, 0.3) is 0 Å². The number of thiophene rings is 1. The molecule has 0 unspecified atom stereocenters.